The van der Waals surface area contributed by atoms with E-state index in [1.807, 2.05) is 0 Å². The van der Waals surface area contributed by atoms with Crippen LogP contribution in [-0.4, -0.2) is 45.8 Å². The van der Waals surface area contributed by atoms with Crippen LogP contribution in [0.5, 0.6) is 0 Å². The van der Waals surface area contributed by atoms with Crippen molar-refractivity contribution in [2.75, 3.05) is 13.5 Å². The van der Waals surface area contributed by atoms with E-state index in [0.29, 0.717) is 4.90 Å². The van der Waals surface area contributed by atoms with Gasteiger partial charge < -0.3 is 15.3 Å². The SMILES string of the molecule is O=C(O)NC(=O)N(CO)CO. The highest BCUT2D eigenvalue weighted by Crippen LogP contribution is 1.83. The van der Waals surface area contributed by atoms with E-state index in [9.17, 15) is 9.59 Å². The molecule has 3 amide bonds. The molecule has 0 aliphatic heterocycles. The first-order valence-corrected chi connectivity index (χ1v) is 2.62. The first kappa shape index (κ1) is 9.66. The molecule has 0 aromatic rings. The summed E-state index contributed by atoms with van der Waals surface area (Å²) in [6, 6.07) is -1.07. The average molecular weight is 164 g/mol. The van der Waals surface area contributed by atoms with Crippen LogP contribution in [0.15, 0.2) is 0 Å². The fourth-order valence-corrected chi connectivity index (χ4v) is 0.344. The molecule has 0 spiro atoms. The fraction of sp³-hybridized carbons (Fsp3) is 0.500. The Morgan fingerprint density at radius 2 is 1.73 bits per heavy atom. The van der Waals surface area contributed by atoms with Crippen LogP contribution in [0.3, 0.4) is 0 Å². The third kappa shape index (κ3) is 3.38. The Balaban J connectivity index is 3.89. The van der Waals surface area contributed by atoms with Crippen LogP contribution in [0.4, 0.5) is 9.59 Å². The first-order chi connectivity index (χ1) is 5.11. The van der Waals surface area contributed by atoms with Gasteiger partial charge in [0, 0.05) is 0 Å². The Morgan fingerprint density at radius 1 is 1.27 bits per heavy atom. The highest BCUT2D eigenvalue weighted by atomic mass is 16.4. The van der Waals surface area contributed by atoms with E-state index >= 15 is 0 Å². The van der Waals surface area contributed by atoms with Crippen LogP contribution in [-0.2, 0) is 0 Å². The van der Waals surface area contributed by atoms with Crippen molar-refractivity contribution in [3.8, 4) is 0 Å². The van der Waals surface area contributed by atoms with Crippen LogP contribution >= 0.6 is 0 Å². The molecule has 7 nitrogen and oxygen atoms in total. The predicted molar refractivity (Wildman–Crippen MR) is 32.6 cm³/mol. The van der Waals surface area contributed by atoms with Gasteiger partial charge in [0.1, 0.15) is 13.5 Å². The Hall–Kier alpha value is -1.34. The molecule has 11 heavy (non-hydrogen) atoms. The van der Waals surface area contributed by atoms with E-state index in [-0.39, 0.29) is 0 Å². The Morgan fingerprint density at radius 3 is 2.00 bits per heavy atom. The van der Waals surface area contributed by atoms with E-state index in [1.165, 1.54) is 5.32 Å². The van der Waals surface area contributed by atoms with Crippen molar-refractivity contribution in [1.82, 2.24) is 10.2 Å². The van der Waals surface area contributed by atoms with Gasteiger partial charge in [-0.15, -0.1) is 0 Å². The van der Waals surface area contributed by atoms with E-state index in [4.69, 9.17) is 15.3 Å². The number of rotatable bonds is 2. The van der Waals surface area contributed by atoms with Gasteiger partial charge in [-0.3, -0.25) is 4.90 Å². The van der Waals surface area contributed by atoms with Gasteiger partial charge in [-0.2, -0.15) is 0 Å². The maximum Gasteiger partial charge on any atom is 0.412 e. The number of urea groups is 1. The summed E-state index contributed by atoms with van der Waals surface area (Å²) in [5.41, 5.74) is 0. The largest absolute Gasteiger partial charge is 0.465 e. The van der Waals surface area contributed by atoms with Gasteiger partial charge in [0.2, 0.25) is 0 Å². The third-order valence-electron chi connectivity index (χ3n) is 0.843. The second kappa shape index (κ2) is 4.47. The summed E-state index contributed by atoms with van der Waals surface area (Å²) in [4.78, 5) is 20.8. The molecule has 7 heteroatoms. The molecule has 0 radical (unpaired) electrons. The van der Waals surface area contributed by atoms with Gasteiger partial charge in [0.05, 0.1) is 0 Å². The summed E-state index contributed by atoms with van der Waals surface area (Å²) in [7, 11) is 0. The van der Waals surface area contributed by atoms with Crippen molar-refractivity contribution in [3.63, 3.8) is 0 Å². The van der Waals surface area contributed by atoms with Crippen LogP contribution < -0.4 is 5.32 Å². The highest BCUT2D eigenvalue weighted by molar-refractivity contribution is 5.89. The summed E-state index contributed by atoms with van der Waals surface area (Å²) in [5, 5.41) is 26.1. The molecule has 0 aliphatic rings. The van der Waals surface area contributed by atoms with Crippen LogP contribution in [0.1, 0.15) is 0 Å². The van der Waals surface area contributed by atoms with Crippen molar-refractivity contribution in [1.29, 1.82) is 0 Å². The smallest absolute Gasteiger partial charge is 0.412 e. The maximum atomic E-state index is 10.5. The standard InChI is InChI=1S/C4H8N2O5/c7-1-6(2-8)3(9)5-4(10)11/h7-8H,1-2H2,(H,5,9)(H,10,11). The van der Waals surface area contributed by atoms with Gasteiger partial charge in [-0.1, -0.05) is 0 Å². The molecule has 0 aromatic carbocycles. The molecule has 0 rings (SSSR count). The summed E-state index contributed by atoms with van der Waals surface area (Å²) in [6.45, 7) is -1.48. The van der Waals surface area contributed by atoms with Crippen LogP contribution in [0.25, 0.3) is 0 Å². The van der Waals surface area contributed by atoms with E-state index in [0.717, 1.165) is 0 Å². The summed E-state index contributed by atoms with van der Waals surface area (Å²) in [6.07, 6.45) is -1.54. The number of carboxylic acid groups (broad SMARTS) is 1. The molecule has 0 aromatic heterocycles. The molecule has 0 aliphatic carbocycles. The van der Waals surface area contributed by atoms with Gasteiger partial charge >= 0.3 is 12.1 Å². The van der Waals surface area contributed by atoms with Crippen molar-refractivity contribution in [2.45, 2.75) is 0 Å². The normalized spacial score (nSPS) is 8.91. The molecule has 0 unspecified atom stereocenters. The molecule has 0 atom stereocenters. The molecule has 64 valence electrons. The number of nitrogens with zero attached hydrogens (tertiary/aromatic N) is 1. The lowest BCUT2D eigenvalue weighted by Crippen LogP contribution is -2.43. The minimum Gasteiger partial charge on any atom is -0.465 e. The van der Waals surface area contributed by atoms with Crippen molar-refractivity contribution >= 4 is 12.1 Å². The molecule has 0 bridgehead atoms. The number of hydrogen-bond donors (Lipinski definition) is 4. The summed E-state index contributed by atoms with van der Waals surface area (Å²) >= 11 is 0. The number of hydrogen-bond acceptors (Lipinski definition) is 4. The Labute approximate surface area is 61.8 Å². The molecule has 0 saturated carbocycles. The second-order valence-corrected chi connectivity index (χ2v) is 1.56. The number of nitrogens with one attached hydrogen (secondary N) is 1. The van der Waals surface area contributed by atoms with E-state index in [1.54, 1.807) is 0 Å². The third-order valence-corrected chi connectivity index (χ3v) is 0.843. The zero-order valence-corrected chi connectivity index (χ0v) is 5.52. The number of aliphatic hydroxyl groups excluding tert-OH is 2. The first-order valence-electron chi connectivity index (χ1n) is 2.62. The molecule has 0 fully saturated rings. The van der Waals surface area contributed by atoms with Gasteiger partial charge in [0.25, 0.3) is 0 Å². The minimum atomic E-state index is -1.54. The fourth-order valence-electron chi connectivity index (χ4n) is 0.344. The van der Waals surface area contributed by atoms with Crippen LogP contribution in [0, 0.1) is 0 Å². The molecular formula is C4H8N2O5. The number of amides is 3. The van der Waals surface area contributed by atoms with Crippen molar-refractivity contribution < 1.29 is 24.9 Å². The lowest BCUT2D eigenvalue weighted by Gasteiger charge is -2.14. The zero-order valence-electron chi connectivity index (χ0n) is 5.52. The number of carbonyl (C=O) groups excluding carboxylic acids is 1. The Bertz CT molecular complexity index is 155. The monoisotopic (exact) mass is 164 g/mol. The van der Waals surface area contributed by atoms with E-state index < -0.39 is 25.6 Å². The summed E-state index contributed by atoms with van der Waals surface area (Å²) in [5.74, 6) is 0. The topological polar surface area (TPSA) is 110 Å². The lowest BCUT2D eigenvalue weighted by atomic mass is 10.8. The lowest BCUT2D eigenvalue weighted by molar-refractivity contribution is 0.0571. The predicted octanol–water partition coefficient (Wildman–Crippen LogP) is -1.42. The maximum absolute atomic E-state index is 10.5. The van der Waals surface area contributed by atoms with Gasteiger partial charge in [-0.25, -0.2) is 14.9 Å². The van der Waals surface area contributed by atoms with Crippen molar-refractivity contribution in [3.05, 3.63) is 0 Å². The zero-order chi connectivity index (χ0) is 8.85. The Kier molecular flexibility index (Phi) is 3.93. The van der Waals surface area contributed by atoms with E-state index in [2.05, 4.69) is 0 Å². The second-order valence-electron chi connectivity index (χ2n) is 1.56. The van der Waals surface area contributed by atoms with Gasteiger partial charge in [0.15, 0.2) is 0 Å². The average Bonchev–Trinajstić information content (AvgIpc) is 1.88. The molecule has 4 N–H and O–H groups in total. The highest BCUT2D eigenvalue weighted by Gasteiger charge is 2.12. The quantitative estimate of drug-likeness (QED) is 0.374. The number of aliphatic hydroxyl groups is 2. The molecule has 0 saturated heterocycles. The summed E-state index contributed by atoms with van der Waals surface area (Å²) < 4.78 is 0. The van der Waals surface area contributed by atoms with Crippen molar-refractivity contribution in [2.24, 2.45) is 0 Å². The molecular weight excluding hydrogens is 156 g/mol. The minimum absolute atomic E-state index is 0.494. The number of imide groups is 1. The molecule has 0 heterocycles. The van der Waals surface area contributed by atoms with Crippen LogP contribution in [0.2, 0.25) is 0 Å². The van der Waals surface area contributed by atoms with Gasteiger partial charge in [-0.05, 0) is 0 Å². The number of carbonyl (C=O) groups is 2.